The summed E-state index contributed by atoms with van der Waals surface area (Å²) < 4.78 is 0.854. The molecule has 0 saturated heterocycles. The largest absolute Gasteiger partial charge is 0.241 e. The number of aryl methyl sites for hydroxylation is 1. The minimum atomic E-state index is 0.741. The molecule has 1 heterocycles. The van der Waals surface area contributed by atoms with Crippen molar-refractivity contribution >= 4 is 27.5 Å². The highest BCUT2D eigenvalue weighted by Crippen LogP contribution is 2.22. The quantitative estimate of drug-likeness (QED) is 0.703. The molecule has 76 valence electrons. The van der Waals surface area contributed by atoms with Gasteiger partial charge < -0.3 is 0 Å². The number of hydrogen-bond acceptors (Lipinski definition) is 1. The smallest absolute Gasteiger partial charge is 0.107 e. The summed E-state index contributed by atoms with van der Waals surface area (Å²) in [5, 5.41) is 0.741. The third-order valence-corrected chi connectivity index (χ3v) is 2.74. The fraction of sp³-hybridized carbons (Fsp3) is 0.0833. The fourth-order valence-corrected chi connectivity index (χ4v) is 2.07. The van der Waals surface area contributed by atoms with Crippen LogP contribution in [0.2, 0.25) is 5.02 Å². The van der Waals surface area contributed by atoms with Crippen molar-refractivity contribution < 1.29 is 0 Å². The van der Waals surface area contributed by atoms with E-state index in [1.165, 1.54) is 5.56 Å². The summed E-state index contributed by atoms with van der Waals surface area (Å²) in [5.74, 6) is 0. The van der Waals surface area contributed by atoms with E-state index in [0.29, 0.717) is 0 Å². The molecule has 0 spiro atoms. The van der Waals surface area contributed by atoms with Crippen LogP contribution in [0.25, 0.3) is 11.3 Å². The zero-order chi connectivity index (χ0) is 10.8. The molecule has 1 nitrogen and oxygen atoms in total. The Hall–Kier alpha value is -0.860. The van der Waals surface area contributed by atoms with E-state index in [-0.39, 0.29) is 0 Å². The molecule has 2 rings (SSSR count). The SMILES string of the molecule is Cc1cc(Br)nc(-c2ccc(Cl)cc2)c1. The van der Waals surface area contributed by atoms with Crippen LogP contribution >= 0.6 is 27.5 Å². The molecule has 0 aliphatic rings. The minimum absolute atomic E-state index is 0.741. The van der Waals surface area contributed by atoms with Crippen LogP contribution < -0.4 is 0 Å². The average Bonchev–Trinajstić information content (AvgIpc) is 2.17. The molecule has 3 heteroatoms. The van der Waals surface area contributed by atoms with E-state index in [1.807, 2.05) is 43.3 Å². The van der Waals surface area contributed by atoms with Gasteiger partial charge in [-0.1, -0.05) is 23.7 Å². The molecule has 0 saturated carbocycles. The standard InChI is InChI=1S/C12H9BrClN/c1-8-6-11(15-12(13)7-8)9-2-4-10(14)5-3-9/h2-7H,1H3. The second kappa shape index (κ2) is 4.33. The molecule has 0 fully saturated rings. The van der Waals surface area contributed by atoms with E-state index in [4.69, 9.17) is 11.6 Å². The molecule has 0 aliphatic carbocycles. The third kappa shape index (κ3) is 2.58. The molecule has 0 amide bonds. The van der Waals surface area contributed by atoms with Crippen LogP contribution in [0.1, 0.15) is 5.56 Å². The minimum Gasteiger partial charge on any atom is -0.241 e. The van der Waals surface area contributed by atoms with E-state index in [2.05, 4.69) is 20.9 Å². The second-order valence-electron chi connectivity index (χ2n) is 3.36. The van der Waals surface area contributed by atoms with Crippen molar-refractivity contribution in [3.8, 4) is 11.3 Å². The highest BCUT2D eigenvalue weighted by atomic mass is 79.9. The van der Waals surface area contributed by atoms with Gasteiger partial charge in [-0.2, -0.15) is 0 Å². The zero-order valence-electron chi connectivity index (χ0n) is 8.17. The molecule has 0 bridgehead atoms. The molecule has 2 aromatic rings. The number of hydrogen-bond donors (Lipinski definition) is 0. The lowest BCUT2D eigenvalue weighted by atomic mass is 10.1. The first-order valence-corrected chi connectivity index (χ1v) is 5.72. The van der Waals surface area contributed by atoms with E-state index >= 15 is 0 Å². The maximum atomic E-state index is 5.83. The Morgan fingerprint density at radius 3 is 2.40 bits per heavy atom. The zero-order valence-corrected chi connectivity index (χ0v) is 10.5. The summed E-state index contributed by atoms with van der Waals surface area (Å²) in [5.41, 5.74) is 3.21. The Balaban J connectivity index is 2.49. The summed E-state index contributed by atoms with van der Waals surface area (Å²) >= 11 is 9.22. The molecule has 1 aromatic carbocycles. The Morgan fingerprint density at radius 1 is 1.13 bits per heavy atom. The lowest BCUT2D eigenvalue weighted by Gasteiger charge is -2.03. The van der Waals surface area contributed by atoms with Gasteiger partial charge in [0.1, 0.15) is 4.60 Å². The topological polar surface area (TPSA) is 12.9 Å². The maximum Gasteiger partial charge on any atom is 0.107 e. The normalized spacial score (nSPS) is 10.3. The predicted octanol–water partition coefficient (Wildman–Crippen LogP) is 4.47. The van der Waals surface area contributed by atoms with Gasteiger partial charge >= 0.3 is 0 Å². The molecule has 0 unspecified atom stereocenters. The van der Waals surface area contributed by atoms with Gasteiger partial charge in [-0.05, 0) is 52.7 Å². The Morgan fingerprint density at radius 2 is 1.80 bits per heavy atom. The second-order valence-corrected chi connectivity index (χ2v) is 4.61. The van der Waals surface area contributed by atoms with Crippen molar-refractivity contribution in [1.82, 2.24) is 4.98 Å². The highest BCUT2D eigenvalue weighted by Gasteiger charge is 2.01. The molecule has 15 heavy (non-hydrogen) atoms. The molecule has 0 N–H and O–H groups in total. The van der Waals surface area contributed by atoms with Crippen molar-refractivity contribution in [2.24, 2.45) is 0 Å². The molecule has 0 aliphatic heterocycles. The van der Waals surface area contributed by atoms with E-state index in [9.17, 15) is 0 Å². The first kappa shape index (κ1) is 10.7. The molecule has 0 radical (unpaired) electrons. The number of nitrogens with zero attached hydrogens (tertiary/aromatic N) is 1. The van der Waals surface area contributed by atoms with Crippen LogP contribution in [0.3, 0.4) is 0 Å². The summed E-state index contributed by atoms with van der Waals surface area (Å²) in [6, 6.07) is 11.7. The summed E-state index contributed by atoms with van der Waals surface area (Å²) in [6.07, 6.45) is 0. The van der Waals surface area contributed by atoms with Crippen LogP contribution in [-0.2, 0) is 0 Å². The van der Waals surface area contributed by atoms with Crippen LogP contribution in [-0.4, -0.2) is 4.98 Å². The first-order valence-electron chi connectivity index (χ1n) is 4.55. The van der Waals surface area contributed by atoms with Crippen LogP contribution in [0.4, 0.5) is 0 Å². The summed E-state index contributed by atoms with van der Waals surface area (Å²) in [6.45, 7) is 2.05. The van der Waals surface area contributed by atoms with Gasteiger partial charge in [0.05, 0.1) is 5.69 Å². The van der Waals surface area contributed by atoms with Gasteiger partial charge in [-0.15, -0.1) is 0 Å². The van der Waals surface area contributed by atoms with E-state index < -0.39 is 0 Å². The van der Waals surface area contributed by atoms with Crippen molar-refractivity contribution in [1.29, 1.82) is 0 Å². The van der Waals surface area contributed by atoms with Crippen molar-refractivity contribution in [2.45, 2.75) is 6.92 Å². The Labute approximate surface area is 102 Å². The molecular weight excluding hydrogens is 273 g/mol. The van der Waals surface area contributed by atoms with Gasteiger partial charge in [-0.25, -0.2) is 4.98 Å². The molecule has 1 aromatic heterocycles. The lowest BCUT2D eigenvalue weighted by Crippen LogP contribution is -1.86. The number of pyridine rings is 1. The van der Waals surface area contributed by atoms with Gasteiger partial charge in [0, 0.05) is 10.6 Å². The van der Waals surface area contributed by atoms with Crippen LogP contribution in [0, 0.1) is 6.92 Å². The van der Waals surface area contributed by atoms with Gasteiger partial charge in [0.15, 0.2) is 0 Å². The summed E-state index contributed by atoms with van der Waals surface area (Å²) in [4.78, 5) is 4.41. The fourth-order valence-electron chi connectivity index (χ4n) is 1.39. The third-order valence-electron chi connectivity index (χ3n) is 2.08. The van der Waals surface area contributed by atoms with Gasteiger partial charge in [-0.3, -0.25) is 0 Å². The number of aromatic nitrogens is 1. The van der Waals surface area contributed by atoms with Crippen molar-refractivity contribution in [2.75, 3.05) is 0 Å². The Kier molecular flexibility index (Phi) is 3.08. The first-order chi connectivity index (χ1) is 7.15. The van der Waals surface area contributed by atoms with Crippen LogP contribution in [0.15, 0.2) is 41.0 Å². The monoisotopic (exact) mass is 281 g/mol. The number of benzene rings is 1. The molecule has 0 atom stereocenters. The average molecular weight is 283 g/mol. The highest BCUT2D eigenvalue weighted by molar-refractivity contribution is 9.10. The van der Waals surface area contributed by atoms with E-state index in [0.717, 1.165) is 20.9 Å². The van der Waals surface area contributed by atoms with Gasteiger partial charge in [0.2, 0.25) is 0 Å². The van der Waals surface area contributed by atoms with Crippen molar-refractivity contribution in [3.05, 3.63) is 51.6 Å². The van der Waals surface area contributed by atoms with Crippen molar-refractivity contribution in [3.63, 3.8) is 0 Å². The number of halogens is 2. The Bertz CT molecular complexity index is 459. The number of rotatable bonds is 1. The molecular formula is C12H9BrClN. The summed E-state index contributed by atoms with van der Waals surface area (Å²) in [7, 11) is 0. The maximum absolute atomic E-state index is 5.83. The van der Waals surface area contributed by atoms with Crippen LogP contribution in [0.5, 0.6) is 0 Å². The lowest BCUT2D eigenvalue weighted by molar-refractivity contribution is 1.24. The van der Waals surface area contributed by atoms with E-state index in [1.54, 1.807) is 0 Å². The predicted molar refractivity (Wildman–Crippen MR) is 67.1 cm³/mol. The van der Waals surface area contributed by atoms with Gasteiger partial charge in [0.25, 0.3) is 0 Å².